The lowest BCUT2D eigenvalue weighted by atomic mass is 10.2. The molecule has 0 aliphatic rings. The van der Waals surface area contributed by atoms with E-state index < -0.39 is 17.2 Å². The number of benzene rings is 1. The monoisotopic (exact) mass is 393 g/mol. The summed E-state index contributed by atoms with van der Waals surface area (Å²) in [6, 6.07) is 9.41. The van der Waals surface area contributed by atoms with Crippen molar-refractivity contribution >= 4 is 41.6 Å². The summed E-state index contributed by atoms with van der Waals surface area (Å²) in [6.45, 7) is 0. The highest BCUT2D eigenvalue weighted by atomic mass is 35.5. The van der Waals surface area contributed by atoms with Crippen molar-refractivity contribution in [1.82, 2.24) is 19.8 Å². The Bertz CT molecular complexity index is 966. The van der Waals surface area contributed by atoms with Crippen LogP contribution >= 0.6 is 23.4 Å². The number of hydrogen-bond donors (Lipinski definition) is 1. The van der Waals surface area contributed by atoms with Crippen molar-refractivity contribution in [3.8, 4) is 0 Å². The summed E-state index contributed by atoms with van der Waals surface area (Å²) in [4.78, 5) is 35.3. The van der Waals surface area contributed by atoms with Gasteiger partial charge in [0.1, 0.15) is 0 Å². The smallest absolute Gasteiger partial charge is 0.272 e. The van der Waals surface area contributed by atoms with E-state index in [9.17, 15) is 14.4 Å². The molecule has 10 heteroatoms. The molecule has 1 heterocycles. The maximum absolute atomic E-state index is 11.9. The number of nitrogens with zero attached hydrogens (tertiary/aromatic N) is 4. The summed E-state index contributed by atoms with van der Waals surface area (Å²) in [5.74, 6) is -0.522. The van der Waals surface area contributed by atoms with Gasteiger partial charge in [-0.2, -0.15) is 10.2 Å². The molecule has 26 heavy (non-hydrogen) atoms. The molecule has 0 aliphatic carbocycles. The molecule has 0 saturated heterocycles. The van der Waals surface area contributed by atoms with E-state index in [4.69, 9.17) is 11.6 Å². The summed E-state index contributed by atoms with van der Waals surface area (Å²) in [5.41, 5.74) is 2.13. The summed E-state index contributed by atoms with van der Waals surface area (Å²) in [5, 5.41) is 8.00. The van der Waals surface area contributed by atoms with Gasteiger partial charge >= 0.3 is 5.69 Å². The van der Waals surface area contributed by atoms with Crippen molar-refractivity contribution in [3.63, 3.8) is 0 Å². The molecule has 1 aromatic heterocycles. The number of nitrogens with one attached hydrogen (secondary N) is 1. The van der Waals surface area contributed by atoms with Gasteiger partial charge in [0, 0.05) is 14.1 Å². The van der Waals surface area contributed by atoms with Gasteiger partial charge in [0.15, 0.2) is 5.03 Å². The summed E-state index contributed by atoms with van der Waals surface area (Å²) < 4.78 is 1.97. The number of rotatable bonds is 6. The first-order valence-electron chi connectivity index (χ1n) is 7.40. The van der Waals surface area contributed by atoms with E-state index in [2.05, 4.69) is 15.6 Å². The number of hydrogen-bond acceptors (Lipinski definition) is 6. The van der Waals surface area contributed by atoms with Gasteiger partial charge in [-0.15, -0.1) is 0 Å². The summed E-state index contributed by atoms with van der Waals surface area (Å²) in [7, 11) is 2.78. The fraction of sp³-hybridized carbons (Fsp3) is 0.188. The van der Waals surface area contributed by atoms with Gasteiger partial charge in [0.2, 0.25) is 5.91 Å². The van der Waals surface area contributed by atoms with E-state index in [0.717, 1.165) is 26.6 Å². The third-order valence-corrected chi connectivity index (χ3v) is 4.26. The third-order valence-electron chi connectivity index (χ3n) is 3.11. The van der Waals surface area contributed by atoms with E-state index >= 15 is 0 Å². The van der Waals surface area contributed by atoms with Crippen molar-refractivity contribution in [1.29, 1.82) is 0 Å². The predicted octanol–water partition coefficient (Wildman–Crippen LogP) is 0.953. The SMILES string of the molecule is Cn1nc(SCC(=O)N/N=C\C(Cl)=C\c2ccccc2)c(=O)n(C)c1=O. The zero-order chi connectivity index (χ0) is 19.1. The Balaban J connectivity index is 1.91. The Kier molecular flexibility index (Phi) is 6.93. The molecule has 1 aromatic carbocycles. The standard InChI is InChI=1S/C16H16ClN5O3S/c1-21-15(24)14(20-22(2)16(21)25)26-10-13(23)19-18-9-12(17)8-11-6-4-3-5-7-11/h3-9H,10H2,1-2H3,(H,19,23)/b12-8-,18-9-. The highest BCUT2D eigenvalue weighted by molar-refractivity contribution is 7.99. The molecule has 0 saturated carbocycles. The van der Waals surface area contributed by atoms with Crippen molar-refractivity contribution in [3.05, 3.63) is 61.8 Å². The molecule has 136 valence electrons. The van der Waals surface area contributed by atoms with Gasteiger partial charge < -0.3 is 0 Å². The number of hydrazone groups is 1. The normalized spacial score (nSPS) is 11.7. The van der Waals surface area contributed by atoms with Gasteiger partial charge in [0.05, 0.1) is 17.0 Å². The molecule has 0 spiro atoms. The number of thioether (sulfide) groups is 1. The lowest BCUT2D eigenvalue weighted by Crippen LogP contribution is -2.39. The van der Waals surface area contributed by atoms with Crippen LogP contribution in [-0.4, -0.2) is 32.2 Å². The van der Waals surface area contributed by atoms with Crippen LogP contribution in [0.1, 0.15) is 5.56 Å². The molecule has 0 aliphatic heterocycles. The molecule has 1 amide bonds. The first-order chi connectivity index (χ1) is 12.4. The molecule has 8 nitrogen and oxygen atoms in total. The average Bonchev–Trinajstić information content (AvgIpc) is 2.62. The number of allylic oxidation sites excluding steroid dienone is 1. The molecule has 0 atom stereocenters. The fourth-order valence-corrected chi connectivity index (χ4v) is 2.79. The van der Waals surface area contributed by atoms with Crippen LogP contribution in [0.3, 0.4) is 0 Å². The van der Waals surface area contributed by atoms with Crippen molar-refractivity contribution < 1.29 is 4.79 Å². The number of halogens is 1. The van der Waals surface area contributed by atoms with Crippen LogP contribution in [-0.2, 0) is 18.9 Å². The van der Waals surface area contributed by atoms with E-state index in [-0.39, 0.29) is 10.8 Å². The van der Waals surface area contributed by atoms with Crippen LogP contribution in [0.15, 0.2) is 55.1 Å². The van der Waals surface area contributed by atoms with Gasteiger partial charge in [0.25, 0.3) is 5.56 Å². The van der Waals surface area contributed by atoms with Crippen LogP contribution in [0.5, 0.6) is 0 Å². The highest BCUT2D eigenvalue weighted by Gasteiger charge is 2.11. The molecule has 0 fully saturated rings. The first-order valence-corrected chi connectivity index (χ1v) is 8.76. The third kappa shape index (κ3) is 5.43. The molecule has 0 radical (unpaired) electrons. The second-order valence-electron chi connectivity index (χ2n) is 5.10. The van der Waals surface area contributed by atoms with Crippen LogP contribution in [0, 0.1) is 0 Å². The topological polar surface area (TPSA) is 98.3 Å². The average molecular weight is 394 g/mol. The summed E-state index contributed by atoms with van der Waals surface area (Å²) in [6.07, 6.45) is 3.00. The first kappa shape index (κ1) is 19.7. The van der Waals surface area contributed by atoms with E-state index in [0.29, 0.717) is 5.03 Å². The Labute approximate surface area is 158 Å². The van der Waals surface area contributed by atoms with E-state index in [1.54, 1.807) is 6.08 Å². The Morgan fingerprint density at radius 1 is 1.31 bits per heavy atom. The zero-order valence-electron chi connectivity index (χ0n) is 14.0. The van der Waals surface area contributed by atoms with Crippen molar-refractivity contribution in [2.75, 3.05) is 5.75 Å². The Morgan fingerprint density at radius 2 is 2.00 bits per heavy atom. The van der Waals surface area contributed by atoms with Crippen molar-refractivity contribution in [2.24, 2.45) is 19.2 Å². The predicted molar refractivity (Wildman–Crippen MR) is 102 cm³/mol. The minimum atomic E-state index is -0.553. The maximum atomic E-state index is 11.9. The van der Waals surface area contributed by atoms with Crippen LogP contribution in [0.25, 0.3) is 6.08 Å². The van der Waals surface area contributed by atoms with E-state index in [1.165, 1.54) is 20.3 Å². The number of amides is 1. The Hall–Kier alpha value is -2.65. The number of aryl methyl sites for hydroxylation is 1. The fourth-order valence-electron chi connectivity index (χ4n) is 1.84. The van der Waals surface area contributed by atoms with Gasteiger partial charge in [-0.1, -0.05) is 53.7 Å². The second kappa shape index (κ2) is 9.16. The highest BCUT2D eigenvalue weighted by Crippen LogP contribution is 2.09. The van der Waals surface area contributed by atoms with Gasteiger partial charge in [-0.05, 0) is 11.6 Å². The second-order valence-corrected chi connectivity index (χ2v) is 6.50. The van der Waals surface area contributed by atoms with E-state index in [1.807, 2.05) is 30.3 Å². The summed E-state index contributed by atoms with van der Waals surface area (Å²) >= 11 is 6.93. The van der Waals surface area contributed by atoms with Gasteiger partial charge in [-0.3, -0.25) is 14.2 Å². The minimum Gasteiger partial charge on any atom is -0.272 e. The minimum absolute atomic E-state index is 0.0516. The van der Waals surface area contributed by atoms with Crippen molar-refractivity contribution in [2.45, 2.75) is 5.03 Å². The van der Waals surface area contributed by atoms with Gasteiger partial charge in [-0.25, -0.2) is 14.9 Å². The number of carbonyl (C=O) groups excluding carboxylic acids is 1. The lowest BCUT2D eigenvalue weighted by Gasteiger charge is -2.04. The zero-order valence-corrected chi connectivity index (χ0v) is 15.6. The quantitative estimate of drug-likeness (QED) is 0.447. The van der Waals surface area contributed by atoms with Crippen LogP contribution in [0.2, 0.25) is 0 Å². The largest absolute Gasteiger partial charge is 0.346 e. The lowest BCUT2D eigenvalue weighted by molar-refractivity contribution is -0.118. The van der Waals surface area contributed by atoms with Crippen LogP contribution in [0.4, 0.5) is 0 Å². The van der Waals surface area contributed by atoms with Crippen LogP contribution < -0.4 is 16.7 Å². The number of aromatic nitrogens is 3. The molecular weight excluding hydrogens is 378 g/mol. The molecule has 2 rings (SSSR count). The molecular formula is C16H16ClN5O3S. The molecule has 2 aromatic rings. The molecule has 0 bridgehead atoms. The molecule has 1 N–H and O–H groups in total. The number of carbonyl (C=O) groups is 1. The molecule has 0 unspecified atom stereocenters. The maximum Gasteiger partial charge on any atom is 0.346 e. The Morgan fingerprint density at radius 3 is 2.69 bits per heavy atom.